The maximum atomic E-state index is 15.4. The number of nitrogens with zero attached hydrogens (tertiary/aromatic N) is 2. The molecule has 0 atom stereocenters. The van der Waals surface area contributed by atoms with E-state index in [9.17, 15) is 23.3 Å². The van der Waals surface area contributed by atoms with Gasteiger partial charge in [0.15, 0.2) is 5.75 Å². The van der Waals surface area contributed by atoms with Crippen LogP contribution in [0.3, 0.4) is 0 Å². The van der Waals surface area contributed by atoms with Crippen molar-refractivity contribution in [3.05, 3.63) is 64.2 Å². The number of nitro groups is 1. The van der Waals surface area contributed by atoms with E-state index in [0.717, 1.165) is 31.0 Å². The molecular weight excluding hydrogens is 493 g/mol. The van der Waals surface area contributed by atoms with E-state index in [0.29, 0.717) is 32.3 Å². The van der Waals surface area contributed by atoms with Gasteiger partial charge in [0.25, 0.3) is 15.9 Å². The number of rotatable bonds is 8. The molecule has 0 spiro atoms. The summed E-state index contributed by atoms with van der Waals surface area (Å²) < 4.78 is 53.5. The molecule has 0 radical (unpaired) electrons. The molecule has 2 heterocycles. The quantitative estimate of drug-likeness (QED) is 0.415. The van der Waals surface area contributed by atoms with Gasteiger partial charge in [0, 0.05) is 44.0 Å². The Balaban J connectivity index is 1.41. The van der Waals surface area contributed by atoms with E-state index in [4.69, 9.17) is 9.47 Å². The van der Waals surface area contributed by atoms with Gasteiger partial charge in [0.1, 0.15) is 12.3 Å². The Bertz CT molecular complexity index is 1200. The number of sulfonamides is 1. The molecule has 1 N–H and O–H groups in total. The summed E-state index contributed by atoms with van der Waals surface area (Å²) in [6.07, 6.45) is 2.30. The number of piperidine rings is 1. The van der Waals surface area contributed by atoms with Crippen LogP contribution in [0.5, 0.6) is 5.75 Å². The minimum absolute atomic E-state index is 0.117. The molecule has 2 aromatic rings. The lowest BCUT2D eigenvalue weighted by molar-refractivity contribution is -0.386. The third-order valence-electron chi connectivity index (χ3n) is 6.59. The second-order valence-electron chi connectivity index (χ2n) is 9.01. The molecular formula is C24H28FN3O7S. The first-order valence-electron chi connectivity index (χ1n) is 11.7. The van der Waals surface area contributed by atoms with Crippen LogP contribution in [0, 0.1) is 10.1 Å². The van der Waals surface area contributed by atoms with E-state index < -0.39 is 37.1 Å². The first kappa shape index (κ1) is 26.0. The van der Waals surface area contributed by atoms with Crippen molar-refractivity contribution < 1.29 is 32.0 Å². The monoisotopic (exact) mass is 521 g/mol. The van der Waals surface area contributed by atoms with Crippen LogP contribution in [-0.4, -0.2) is 68.8 Å². The van der Waals surface area contributed by atoms with E-state index in [1.165, 1.54) is 12.1 Å². The molecule has 0 aliphatic carbocycles. The van der Waals surface area contributed by atoms with Crippen molar-refractivity contribution in [2.24, 2.45) is 0 Å². The van der Waals surface area contributed by atoms with E-state index >= 15 is 4.39 Å². The fraction of sp³-hybridized carbons (Fsp3) is 0.458. The van der Waals surface area contributed by atoms with Crippen molar-refractivity contribution in [3.8, 4) is 5.75 Å². The van der Waals surface area contributed by atoms with Gasteiger partial charge in [-0.3, -0.25) is 19.8 Å². The standard InChI is InChI=1S/C24H28FN3O7S/c25-24(10-12-27(13-11-24)19-8-14-34-15-9-19)17-35-22-7-6-20(16-21(22)28(30)31)36(32,33)26-23(29)18-4-2-1-3-5-18/h1-7,16,19H,8-15,17H2,(H,26,29). The highest BCUT2D eigenvalue weighted by Gasteiger charge is 2.38. The first-order valence-corrected chi connectivity index (χ1v) is 13.2. The minimum atomic E-state index is -4.39. The molecule has 0 saturated carbocycles. The summed E-state index contributed by atoms with van der Waals surface area (Å²) in [6.45, 7) is 2.15. The lowest BCUT2D eigenvalue weighted by atomic mass is 9.92. The normalized spacial score (nSPS) is 18.9. The molecule has 2 saturated heterocycles. The number of ether oxygens (including phenoxy) is 2. The average Bonchev–Trinajstić information content (AvgIpc) is 2.88. The topological polar surface area (TPSA) is 128 Å². The van der Waals surface area contributed by atoms with Crippen molar-refractivity contribution in [1.29, 1.82) is 0 Å². The molecule has 10 nitrogen and oxygen atoms in total. The maximum Gasteiger partial charge on any atom is 0.312 e. The summed E-state index contributed by atoms with van der Waals surface area (Å²) in [6, 6.07) is 11.1. The Morgan fingerprint density at radius 1 is 1.17 bits per heavy atom. The molecule has 12 heteroatoms. The molecule has 0 unspecified atom stereocenters. The summed E-state index contributed by atoms with van der Waals surface area (Å²) in [5.74, 6) is -1.11. The highest BCUT2D eigenvalue weighted by Crippen LogP contribution is 2.34. The van der Waals surface area contributed by atoms with Crippen LogP contribution < -0.4 is 9.46 Å². The molecule has 2 aliphatic rings. The summed E-state index contributed by atoms with van der Waals surface area (Å²) in [5, 5.41) is 11.6. The molecule has 4 rings (SSSR count). The predicted molar refractivity (Wildman–Crippen MR) is 128 cm³/mol. The van der Waals surface area contributed by atoms with Gasteiger partial charge in [-0.05, 0) is 49.9 Å². The fourth-order valence-corrected chi connectivity index (χ4v) is 5.44. The second-order valence-corrected chi connectivity index (χ2v) is 10.7. The summed E-state index contributed by atoms with van der Waals surface area (Å²) in [7, 11) is -4.39. The Labute approximate surface area is 208 Å². The average molecular weight is 522 g/mol. The Kier molecular flexibility index (Phi) is 7.86. The highest BCUT2D eigenvalue weighted by molar-refractivity contribution is 7.90. The second kappa shape index (κ2) is 10.9. The van der Waals surface area contributed by atoms with Crippen molar-refractivity contribution >= 4 is 21.6 Å². The fourth-order valence-electron chi connectivity index (χ4n) is 4.45. The number of carbonyl (C=O) groups excluding carboxylic acids is 1. The summed E-state index contributed by atoms with van der Waals surface area (Å²) in [4.78, 5) is 24.9. The number of hydrogen-bond acceptors (Lipinski definition) is 8. The number of halogens is 1. The van der Waals surface area contributed by atoms with E-state index in [1.54, 1.807) is 18.2 Å². The van der Waals surface area contributed by atoms with Crippen LogP contribution in [0.15, 0.2) is 53.4 Å². The van der Waals surface area contributed by atoms with Gasteiger partial charge in [-0.2, -0.15) is 0 Å². The number of hydrogen-bond donors (Lipinski definition) is 1. The zero-order valence-electron chi connectivity index (χ0n) is 19.6. The summed E-state index contributed by atoms with van der Waals surface area (Å²) in [5.41, 5.74) is -2.16. The van der Waals surface area contributed by atoms with Crippen LogP contribution in [0.1, 0.15) is 36.0 Å². The Morgan fingerprint density at radius 2 is 1.83 bits per heavy atom. The summed E-state index contributed by atoms with van der Waals surface area (Å²) >= 11 is 0. The number of carbonyl (C=O) groups is 1. The van der Waals surface area contributed by atoms with Crippen LogP contribution >= 0.6 is 0 Å². The molecule has 2 aliphatic heterocycles. The molecule has 0 bridgehead atoms. The number of alkyl halides is 1. The van der Waals surface area contributed by atoms with Crippen LogP contribution in [0.2, 0.25) is 0 Å². The largest absolute Gasteiger partial charge is 0.483 e. The predicted octanol–water partition coefficient (Wildman–Crippen LogP) is 3.08. The Hall–Kier alpha value is -3.09. The van der Waals surface area contributed by atoms with Crippen molar-refractivity contribution in [2.75, 3.05) is 32.9 Å². The highest BCUT2D eigenvalue weighted by atomic mass is 32.2. The van der Waals surface area contributed by atoms with Gasteiger partial charge in [0.05, 0.1) is 9.82 Å². The van der Waals surface area contributed by atoms with Gasteiger partial charge < -0.3 is 9.47 Å². The minimum Gasteiger partial charge on any atom is -0.483 e. The number of benzene rings is 2. The molecule has 0 aromatic heterocycles. The molecule has 36 heavy (non-hydrogen) atoms. The molecule has 1 amide bonds. The van der Waals surface area contributed by atoms with E-state index in [-0.39, 0.29) is 30.8 Å². The smallest absolute Gasteiger partial charge is 0.312 e. The molecule has 2 aromatic carbocycles. The van der Waals surface area contributed by atoms with Gasteiger partial charge in [-0.25, -0.2) is 17.5 Å². The maximum absolute atomic E-state index is 15.4. The zero-order valence-corrected chi connectivity index (χ0v) is 20.4. The van der Waals surface area contributed by atoms with Gasteiger partial charge in [0.2, 0.25) is 0 Å². The lowest BCUT2D eigenvalue weighted by Crippen LogP contribution is -2.50. The lowest BCUT2D eigenvalue weighted by Gasteiger charge is -2.41. The van der Waals surface area contributed by atoms with Crippen LogP contribution in [0.4, 0.5) is 10.1 Å². The van der Waals surface area contributed by atoms with Crippen molar-refractivity contribution in [3.63, 3.8) is 0 Å². The van der Waals surface area contributed by atoms with Crippen molar-refractivity contribution in [1.82, 2.24) is 9.62 Å². The van der Waals surface area contributed by atoms with E-state index in [1.807, 2.05) is 4.72 Å². The number of likely N-dealkylation sites (tertiary alicyclic amines) is 1. The number of nitrogens with one attached hydrogen (secondary N) is 1. The van der Waals surface area contributed by atoms with Gasteiger partial charge in [-0.15, -0.1) is 0 Å². The molecule has 194 valence electrons. The van der Waals surface area contributed by atoms with E-state index in [2.05, 4.69) is 4.90 Å². The van der Waals surface area contributed by atoms with Crippen LogP contribution in [-0.2, 0) is 14.8 Å². The van der Waals surface area contributed by atoms with Crippen molar-refractivity contribution in [2.45, 2.75) is 42.3 Å². The number of nitro benzene ring substituents is 1. The zero-order chi connectivity index (χ0) is 25.8. The van der Waals surface area contributed by atoms with Gasteiger partial charge >= 0.3 is 5.69 Å². The third-order valence-corrected chi connectivity index (χ3v) is 7.92. The number of amides is 1. The third kappa shape index (κ3) is 6.18. The SMILES string of the molecule is O=C(NS(=O)(=O)c1ccc(OCC2(F)CCN(C3CCOCC3)CC2)c([N+](=O)[O-])c1)c1ccccc1. The van der Waals surface area contributed by atoms with Crippen LogP contribution in [0.25, 0.3) is 0 Å². The first-order chi connectivity index (χ1) is 17.2. The molecule has 2 fully saturated rings. The van der Waals surface area contributed by atoms with Gasteiger partial charge in [-0.1, -0.05) is 18.2 Å². The Morgan fingerprint density at radius 3 is 2.47 bits per heavy atom.